The molecular weight excluding hydrogens is 320 g/mol. The summed E-state index contributed by atoms with van der Waals surface area (Å²) in [4.78, 5) is 34.2. The molecule has 0 unspecified atom stereocenters. The number of nitrogens with zero attached hydrogens (tertiary/aromatic N) is 2. The maximum Gasteiger partial charge on any atom is 0.355 e. The second-order valence-corrected chi connectivity index (χ2v) is 4.58. The van der Waals surface area contributed by atoms with E-state index in [1.807, 2.05) is 0 Å². The lowest BCUT2D eigenvalue weighted by Crippen LogP contribution is -2.11. The smallest absolute Gasteiger partial charge is 0.355 e. The van der Waals surface area contributed by atoms with Gasteiger partial charge in [-0.25, -0.2) is 9.59 Å². The molecule has 0 N–H and O–H groups in total. The Morgan fingerprint density at radius 1 is 1.08 bits per heavy atom. The summed E-state index contributed by atoms with van der Waals surface area (Å²) in [6, 6.07) is 5.18. The van der Waals surface area contributed by atoms with Gasteiger partial charge >= 0.3 is 11.9 Å². The summed E-state index contributed by atoms with van der Waals surface area (Å²) in [6.45, 7) is 0. The summed E-state index contributed by atoms with van der Waals surface area (Å²) in [5, 5.41) is 11.4. The molecule has 2 rings (SSSR count). The highest BCUT2D eigenvalue weighted by atomic mass is 16.6. The Balaban J connectivity index is 2.68. The topological polar surface area (TPSA) is 110 Å². The molecule has 0 aliphatic rings. The second-order valence-electron chi connectivity index (χ2n) is 4.58. The number of methoxy groups -OCH3 is 3. The van der Waals surface area contributed by atoms with Gasteiger partial charge in [-0.2, -0.15) is 0 Å². The number of ether oxygens (including phenoxy) is 3. The quantitative estimate of drug-likeness (QED) is 0.467. The van der Waals surface area contributed by atoms with Crippen molar-refractivity contribution in [1.29, 1.82) is 0 Å². The lowest BCUT2D eigenvalue weighted by molar-refractivity contribution is -0.384. The molecule has 24 heavy (non-hydrogen) atoms. The van der Waals surface area contributed by atoms with Gasteiger partial charge in [0.25, 0.3) is 5.69 Å². The SMILES string of the molecule is COC(=O)c1ccc(-n2cc(OC)cc2C(=O)OC)c([N+](=O)[O-])c1. The minimum Gasteiger partial charge on any atom is -0.495 e. The lowest BCUT2D eigenvalue weighted by atomic mass is 10.1. The van der Waals surface area contributed by atoms with E-state index in [0.29, 0.717) is 5.75 Å². The van der Waals surface area contributed by atoms with Gasteiger partial charge in [-0.05, 0) is 12.1 Å². The monoisotopic (exact) mass is 334 g/mol. The van der Waals surface area contributed by atoms with E-state index >= 15 is 0 Å². The Morgan fingerprint density at radius 3 is 2.29 bits per heavy atom. The van der Waals surface area contributed by atoms with Gasteiger partial charge in [0, 0.05) is 12.1 Å². The first-order valence-electron chi connectivity index (χ1n) is 6.64. The van der Waals surface area contributed by atoms with Crippen molar-refractivity contribution in [1.82, 2.24) is 4.57 Å². The number of esters is 2. The first-order chi connectivity index (χ1) is 11.4. The van der Waals surface area contributed by atoms with Gasteiger partial charge in [-0.1, -0.05) is 0 Å². The molecule has 2 aromatic rings. The summed E-state index contributed by atoms with van der Waals surface area (Å²) < 4.78 is 15.6. The zero-order valence-electron chi connectivity index (χ0n) is 13.1. The van der Waals surface area contributed by atoms with Gasteiger partial charge in [-0.3, -0.25) is 10.1 Å². The minimum absolute atomic E-state index is 0.0201. The van der Waals surface area contributed by atoms with Crippen LogP contribution in [0.2, 0.25) is 0 Å². The molecule has 1 heterocycles. The third-order valence-electron chi connectivity index (χ3n) is 3.28. The predicted molar refractivity (Wildman–Crippen MR) is 81.7 cm³/mol. The number of carbonyl (C=O) groups is 2. The molecule has 0 radical (unpaired) electrons. The molecule has 1 aromatic carbocycles. The van der Waals surface area contributed by atoms with Crippen LogP contribution in [0.4, 0.5) is 5.69 Å². The van der Waals surface area contributed by atoms with Crippen molar-refractivity contribution < 1.29 is 28.7 Å². The Kier molecular flexibility index (Phi) is 4.83. The van der Waals surface area contributed by atoms with E-state index in [2.05, 4.69) is 9.47 Å². The Labute approximate surface area is 136 Å². The van der Waals surface area contributed by atoms with Crippen LogP contribution in [0.15, 0.2) is 30.5 Å². The van der Waals surface area contributed by atoms with Crippen molar-refractivity contribution in [2.75, 3.05) is 21.3 Å². The molecule has 0 atom stereocenters. The van der Waals surface area contributed by atoms with Gasteiger partial charge in [0.1, 0.15) is 17.1 Å². The van der Waals surface area contributed by atoms with Crippen molar-refractivity contribution in [2.45, 2.75) is 0 Å². The predicted octanol–water partition coefficient (Wildman–Crippen LogP) is 1.97. The van der Waals surface area contributed by atoms with Crippen LogP contribution >= 0.6 is 0 Å². The van der Waals surface area contributed by atoms with Crippen LogP contribution in [0.25, 0.3) is 5.69 Å². The molecular formula is C15H14N2O7. The van der Waals surface area contributed by atoms with E-state index in [4.69, 9.17) is 4.74 Å². The summed E-state index contributed by atoms with van der Waals surface area (Å²) >= 11 is 0. The summed E-state index contributed by atoms with van der Waals surface area (Å²) in [7, 11) is 3.77. The van der Waals surface area contributed by atoms with Crippen LogP contribution in [-0.2, 0) is 9.47 Å². The number of nitro groups is 1. The van der Waals surface area contributed by atoms with Crippen LogP contribution in [0.3, 0.4) is 0 Å². The molecule has 0 amide bonds. The minimum atomic E-state index is -0.706. The van der Waals surface area contributed by atoms with E-state index in [0.717, 1.165) is 6.07 Å². The van der Waals surface area contributed by atoms with Crippen molar-refractivity contribution in [3.63, 3.8) is 0 Å². The normalized spacial score (nSPS) is 10.1. The van der Waals surface area contributed by atoms with E-state index < -0.39 is 16.9 Å². The first kappa shape index (κ1) is 17.0. The number of nitro benzene ring substituents is 1. The lowest BCUT2D eigenvalue weighted by Gasteiger charge is -2.09. The zero-order chi connectivity index (χ0) is 17.9. The standard InChI is InChI=1S/C15H14N2O7/c1-22-10-7-13(15(19)24-3)16(8-10)11-5-4-9(14(18)23-2)6-12(11)17(20)21/h4-8H,1-3H3. The highest BCUT2D eigenvalue weighted by Crippen LogP contribution is 2.29. The molecule has 0 saturated heterocycles. The number of benzene rings is 1. The number of hydrogen-bond donors (Lipinski definition) is 0. The van der Waals surface area contributed by atoms with E-state index in [1.54, 1.807) is 0 Å². The maximum absolute atomic E-state index is 11.9. The first-order valence-corrected chi connectivity index (χ1v) is 6.64. The third kappa shape index (κ3) is 3.05. The van der Waals surface area contributed by atoms with Crippen LogP contribution in [0.1, 0.15) is 20.8 Å². The molecule has 9 heteroatoms. The van der Waals surface area contributed by atoms with Crippen LogP contribution in [0.5, 0.6) is 5.75 Å². The van der Waals surface area contributed by atoms with Crippen molar-refractivity contribution in [3.8, 4) is 11.4 Å². The van der Waals surface area contributed by atoms with Gasteiger partial charge < -0.3 is 18.8 Å². The molecule has 0 aliphatic carbocycles. The highest BCUT2D eigenvalue weighted by molar-refractivity contribution is 5.92. The largest absolute Gasteiger partial charge is 0.495 e. The van der Waals surface area contributed by atoms with Crippen molar-refractivity contribution >= 4 is 17.6 Å². The van der Waals surface area contributed by atoms with Gasteiger partial charge in [0.05, 0.1) is 38.0 Å². The molecule has 0 bridgehead atoms. The Hall–Kier alpha value is -3.36. The molecule has 0 fully saturated rings. The molecule has 0 saturated carbocycles. The molecule has 0 aliphatic heterocycles. The van der Waals surface area contributed by atoms with Crippen LogP contribution in [0, 0.1) is 10.1 Å². The number of rotatable bonds is 5. The number of carbonyl (C=O) groups excluding carboxylic acids is 2. The van der Waals surface area contributed by atoms with Crippen LogP contribution < -0.4 is 4.74 Å². The summed E-state index contributed by atoms with van der Waals surface area (Å²) in [5.74, 6) is -1.07. The molecule has 1 aromatic heterocycles. The Bertz CT molecular complexity index is 810. The van der Waals surface area contributed by atoms with Crippen molar-refractivity contribution in [2.24, 2.45) is 0 Å². The van der Waals surface area contributed by atoms with Gasteiger partial charge in [0.2, 0.25) is 0 Å². The summed E-state index contributed by atoms with van der Waals surface area (Å²) in [5.41, 5.74) is -0.229. The number of aromatic nitrogens is 1. The second kappa shape index (κ2) is 6.82. The molecule has 9 nitrogen and oxygen atoms in total. The average Bonchev–Trinajstić information content (AvgIpc) is 3.03. The van der Waals surface area contributed by atoms with Crippen LogP contribution in [-0.4, -0.2) is 42.8 Å². The summed E-state index contributed by atoms with van der Waals surface area (Å²) in [6.07, 6.45) is 1.41. The van der Waals surface area contributed by atoms with E-state index in [-0.39, 0.29) is 22.6 Å². The zero-order valence-corrected chi connectivity index (χ0v) is 13.1. The fourth-order valence-electron chi connectivity index (χ4n) is 2.13. The average molecular weight is 334 g/mol. The maximum atomic E-state index is 11.9. The number of hydrogen-bond acceptors (Lipinski definition) is 7. The van der Waals surface area contributed by atoms with Gasteiger partial charge in [0.15, 0.2) is 0 Å². The molecule has 126 valence electrons. The van der Waals surface area contributed by atoms with Crippen molar-refractivity contribution in [3.05, 3.63) is 51.8 Å². The highest BCUT2D eigenvalue weighted by Gasteiger charge is 2.24. The molecule has 0 spiro atoms. The van der Waals surface area contributed by atoms with Gasteiger partial charge in [-0.15, -0.1) is 0 Å². The fourth-order valence-corrected chi connectivity index (χ4v) is 2.13. The Morgan fingerprint density at radius 2 is 1.75 bits per heavy atom. The fraction of sp³-hybridized carbons (Fsp3) is 0.200. The van der Waals surface area contributed by atoms with E-state index in [1.165, 1.54) is 50.3 Å². The van der Waals surface area contributed by atoms with E-state index in [9.17, 15) is 19.7 Å². The third-order valence-corrected chi connectivity index (χ3v) is 3.28.